The molecule has 0 aromatic rings. The molecule has 8 heteroatoms. The first-order chi connectivity index (χ1) is 12.6. The molecule has 0 atom stereocenters. The maximum absolute atomic E-state index is 5.65. The number of hydrogen-bond acceptors (Lipinski definition) is 6. The molecule has 26 heavy (non-hydrogen) atoms. The Kier molecular flexibility index (Phi) is 20.4. The Morgan fingerprint density at radius 2 is 0.846 bits per heavy atom. The lowest BCUT2D eigenvalue weighted by Gasteiger charge is -2.25. The van der Waals surface area contributed by atoms with Gasteiger partial charge in [0.2, 0.25) is 0 Å². The number of nitrogens with zero attached hydrogens (tertiary/aromatic N) is 2. The summed E-state index contributed by atoms with van der Waals surface area (Å²) >= 11 is 11.3. The lowest BCUT2D eigenvalue weighted by molar-refractivity contribution is 0.411. The Labute approximate surface area is 188 Å². The van der Waals surface area contributed by atoms with Crippen molar-refractivity contribution in [3.63, 3.8) is 0 Å². The van der Waals surface area contributed by atoms with E-state index in [4.69, 9.17) is 24.4 Å². The molecule has 0 aliphatic rings. The molecular formula is C18H36N2S6. The summed E-state index contributed by atoms with van der Waals surface area (Å²) in [7, 11) is 6.92. The van der Waals surface area contributed by atoms with Crippen molar-refractivity contribution in [2.24, 2.45) is 0 Å². The summed E-state index contributed by atoms with van der Waals surface area (Å²) in [4.78, 5) is 4.75. The molecule has 0 saturated heterocycles. The molecule has 0 aromatic heterocycles. The van der Waals surface area contributed by atoms with Gasteiger partial charge in [0.1, 0.15) is 8.64 Å². The zero-order valence-electron chi connectivity index (χ0n) is 16.8. The predicted molar refractivity (Wildman–Crippen MR) is 138 cm³/mol. The zero-order chi connectivity index (χ0) is 19.6. The second-order valence-electron chi connectivity index (χ2n) is 6.22. The van der Waals surface area contributed by atoms with E-state index in [0.29, 0.717) is 0 Å². The van der Waals surface area contributed by atoms with Gasteiger partial charge in [0.05, 0.1) is 0 Å². The van der Waals surface area contributed by atoms with Crippen LogP contribution in [-0.2, 0) is 0 Å². The van der Waals surface area contributed by atoms with Crippen molar-refractivity contribution in [2.45, 2.75) is 79.1 Å². The molecule has 0 aliphatic carbocycles. The van der Waals surface area contributed by atoms with Crippen molar-refractivity contribution in [1.82, 2.24) is 9.80 Å². The fourth-order valence-corrected chi connectivity index (χ4v) is 8.99. The van der Waals surface area contributed by atoms with Crippen molar-refractivity contribution in [3.05, 3.63) is 0 Å². The molecular weight excluding hydrogens is 437 g/mol. The first kappa shape index (κ1) is 27.2. The first-order valence-electron chi connectivity index (χ1n) is 9.86. The molecule has 2 nitrogen and oxygen atoms in total. The lowest BCUT2D eigenvalue weighted by atomic mass is 10.3. The van der Waals surface area contributed by atoms with Gasteiger partial charge in [-0.15, -0.1) is 0 Å². The summed E-state index contributed by atoms with van der Waals surface area (Å²) in [6.07, 6.45) is 9.71. The molecule has 0 heterocycles. The quantitative estimate of drug-likeness (QED) is 0.132. The van der Waals surface area contributed by atoms with E-state index in [1.807, 2.05) is 0 Å². The molecule has 0 amide bonds. The topological polar surface area (TPSA) is 6.48 Å². The van der Waals surface area contributed by atoms with Gasteiger partial charge in [-0.3, -0.25) is 0 Å². The van der Waals surface area contributed by atoms with Crippen LogP contribution in [0, 0.1) is 0 Å². The third-order valence-corrected chi connectivity index (χ3v) is 11.3. The van der Waals surface area contributed by atoms with Crippen molar-refractivity contribution in [2.75, 3.05) is 26.2 Å². The third kappa shape index (κ3) is 14.2. The van der Waals surface area contributed by atoms with Crippen molar-refractivity contribution < 1.29 is 0 Å². The molecule has 0 fully saturated rings. The van der Waals surface area contributed by atoms with Gasteiger partial charge in [-0.05, 0) is 66.9 Å². The molecule has 0 N–H and O–H groups in total. The molecule has 0 spiro atoms. The number of hydrogen-bond donors (Lipinski definition) is 0. The monoisotopic (exact) mass is 472 g/mol. The standard InChI is InChI=1S/C18H36N2S6/c1-5-9-13-19(14-10-6-2)17(21)23-25-26-24-18(22)20(15-11-7-3)16-12-8-4/h5-16H2,1-4H3. The summed E-state index contributed by atoms with van der Waals surface area (Å²) in [6.45, 7) is 13.3. The summed E-state index contributed by atoms with van der Waals surface area (Å²) in [5.41, 5.74) is 0. The van der Waals surface area contributed by atoms with Crippen LogP contribution in [0.4, 0.5) is 0 Å². The van der Waals surface area contributed by atoms with Crippen molar-refractivity contribution in [3.8, 4) is 0 Å². The van der Waals surface area contributed by atoms with Gasteiger partial charge < -0.3 is 9.80 Å². The summed E-state index contributed by atoms with van der Waals surface area (Å²) < 4.78 is 2.04. The van der Waals surface area contributed by atoms with Crippen LogP contribution in [0.15, 0.2) is 0 Å². The molecule has 0 radical (unpaired) electrons. The average Bonchev–Trinajstić information content (AvgIpc) is 2.65. The largest absolute Gasteiger partial charge is 0.357 e. The molecule has 0 saturated carbocycles. The van der Waals surface area contributed by atoms with Crippen molar-refractivity contribution in [1.29, 1.82) is 0 Å². The second-order valence-corrected chi connectivity index (χ2v) is 13.2. The predicted octanol–water partition coefficient (Wildman–Crippen LogP) is 8.04. The van der Waals surface area contributed by atoms with Crippen LogP contribution in [0.2, 0.25) is 0 Å². The second kappa shape index (κ2) is 19.5. The van der Waals surface area contributed by atoms with E-state index in [9.17, 15) is 0 Å². The van der Waals surface area contributed by atoms with Crippen LogP contribution in [0.5, 0.6) is 0 Å². The highest BCUT2D eigenvalue weighted by Crippen LogP contribution is 2.45. The zero-order valence-corrected chi connectivity index (χ0v) is 21.7. The third-order valence-electron chi connectivity index (χ3n) is 3.88. The van der Waals surface area contributed by atoms with E-state index >= 15 is 0 Å². The van der Waals surface area contributed by atoms with Crippen LogP contribution in [-0.4, -0.2) is 44.6 Å². The molecule has 0 bridgehead atoms. The molecule has 0 rings (SSSR count). The van der Waals surface area contributed by atoms with Crippen LogP contribution in [0.1, 0.15) is 79.1 Å². The van der Waals surface area contributed by atoms with Gasteiger partial charge in [0.15, 0.2) is 0 Å². The van der Waals surface area contributed by atoms with E-state index < -0.39 is 0 Å². The SMILES string of the molecule is CCCCN(CCCC)C(=S)SSSSC(=S)N(CCCC)CCCC. The summed E-state index contributed by atoms with van der Waals surface area (Å²) in [5.74, 6) is 0. The molecule has 0 aromatic carbocycles. The van der Waals surface area contributed by atoms with Gasteiger partial charge in [-0.1, -0.05) is 77.8 Å². The minimum atomic E-state index is 1.02. The Morgan fingerprint density at radius 3 is 1.08 bits per heavy atom. The van der Waals surface area contributed by atoms with Crippen LogP contribution in [0.25, 0.3) is 0 Å². The molecule has 0 aliphatic heterocycles. The van der Waals surface area contributed by atoms with Gasteiger partial charge in [0, 0.05) is 26.2 Å². The number of unbranched alkanes of at least 4 members (excludes halogenated alkanes) is 4. The Morgan fingerprint density at radius 1 is 0.577 bits per heavy atom. The van der Waals surface area contributed by atoms with Crippen LogP contribution in [0.3, 0.4) is 0 Å². The fourth-order valence-electron chi connectivity index (χ4n) is 2.18. The van der Waals surface area contributed by atoms with E-state index in [0.717, 1.165) is 34.8 Å². The maximum Gasteiger partial charge on any atom is 0.147 e. The average molecular weight is 473 g/mol. The summed E-state index contributed by atoms with van der Waals surface area (Å²) in [5, 5.41) is 0. The lowest BCUT2D eigenvalue weighted by Crippen LogP contribution is -2.29. The van der Waals surface area contributed by atoms with E-state index in [1.165, 1.54) is 51.4 Å². The van der Waals surface area contributed by atoms with Gasteiger partial charge >= 0.3 is 0 Å². The highest BCUT2D eigenvalue weighted by Gasteiger charge is 2.13. The van der Waals surface area contributed by atoms with Gasteiger partial charge in [-0.25, -0.2) is 0 Å². The van der Waals surface area contributed by atoms with Crippen molar-refractivity contribution >= 4 is 74.3 Å². The normalized spacial score (nSPS) is 10.8. The molecule has 0 unspecified atom stereocenters. The van der Waals surface area contributed by atoms with E-state index in [-0.39, 0.29) is 0 Å². The Balaban J connectivity index is 4.20. The highest BCUT2D eigenvalue weighted by molar-refractivity contribution is 9.29. The Hall–Kier alpha value is 1.18. The summed E-state index contributed by atoms with van der Waals surface area (Å²) in [6, 6.07) is 0. The number of thiocarbonyl (C=S) groups is 2. The van der Waals surface area contributed by atoms with Crippen LogP contribution >= 0.6 is 65.7 Å². The highest BCUT2D eigenvalue weighted by atomic mass is 33.7. The van der Waals surface area contributed by atoms with Crippen LogP contribution < -0.4 is 0 Å². The van der Waals surface area contributed by atoms with E-state index in [2.05, 4.69) is 37.5 Å². The fraction of sp³-hybridized carbons (Fsp3) is 0.889. The van der Waals surface area contributed by atoms with Gasteiger partial charge in [0.25, 0.3) is 0 Å². The smallest absolute Gasteiger partial charge is 0.147 e. The minimum absolute atomic E-state index is 1.02. The Bertz CT molecular complexity index is 318. The number of rotatable bonds is 15. The first-order valence-corrected chi connectivity index (χ1v) is 15.5. The maximum atomic E-state index is 5.65. The minimum Gasteiger partial charge on any atom is -0.357 e. The molecule has 154 valence electrons. The van der Waals surface area contributed by atoms with E-state index in [1.54, 1.807) is 41.2 Å². The van der Waals surface area contributed by atoms with Gasteiger partial charge in [-0.2, -0.15) is 0 Å².